The second-order valence-electron chi connectivity index (χ2n) is 3.58. The van der Waals surface area contributed by atoms with E-state index in [1.54, 1.807) is 11.4 Å². The van der Waals surface area contributed by atoms with Crippen molar-refractivity contribution in [3.05, 3.63) is 55.9 Å². The van der Waals surface area contributed by atoms with Crippen LogP contribution in [-0.4, -0.2) is 16.2 Å². The number of carboxylic acids is 1. The Labute approximate surface area is 115 Å². The van der Waals surface area contributed by atoms with E-state index in [2.05, 4.69) is 15.9 Å². The van der Waals surface area contributed by atoms with E-state index >= 15 is 0 Å². The second kappa shape index (κ2) is 5.17. The Kier molecular flexibility index (Phi) is 3.79. The molecule has 0 saturated carbocycles. The molecule has 0 saturated heterocycles. The lowest BCUT2D eigenvalue weighted by molar-refractivity contribution is 0.0692. The molecule has 1 heterocycles. The minimum atomic E-state index is -1.14. The van der Waals surface area contributed by atoms with Gasteiger partial charge in [0.2, 0.25) is 0 Å². The number of hydrogen-bond acceptors (Lipinski definition) is 3. The van der Waals surface area contributed by atoms with Crippen LogP contribution in [0.25, 0.3) is 0 Å². The second-order valence-corrected chi connectivity index (χ2v) is 5.38. The van der Waals surface area contributed by atoms with Gasteiger partial charge in [0.15, 0.2) is 0 Å². The third-order valence-electron chi connectivity index (χ3n) is 2.43. The van der Waals surface area contributed by atoms with Crippen molar-refractivity contribution in [1.82, 2.24) is 0 Å². The highest BCUT2D eigenvalue weighted by Gasteiger charge is 2.20. The molecule has 0 amide bonds. The van der Waals surface area contributed by atoms with E-state index in [9.17, 15) is 14.3 Å². The SMILES string of the molecule is O=C(O)c1ccsc1C(O)c1ccc(Br)c(F)c1. The lowest BCUT2D eigenvalue weighted by atomic mass is 10.1. The molecular formula is C12H8BrFO3S. The molecule has 0 fully saturated rings. The zero-order valence-electron chi connectivity index (χ0n) is 8.93. The predicted molar refractivity (Wildman–Crippen MR) is 69.4 cm³/mol. The summed E-state index contributed by atoms with van der Waals surface area (Å²) in [5.74, 6) is -1.61. The minimum absolute atomic E-state index is 0.0378. The Bertz CT molecular complexity index is 597. The zero-order valence-corrected chi connectivity index (χ0v) is 11.3. The first-order chi connectivity index (χ1) is 8.50. The van der Waals surface area contributed by atoms with Gasteiger partial charge in [-0.05, 0) is 45.1 Å². The summed E-state index contributed by atoms with van der Waals surface area (Å²) in [5.41, 5.74) is 0.358. The Morgan fingerprint density at radius 1 is 1.39 bits per heavy atom. The van der Waals surface area contributed by atoms with Crippen LogP contribution in [-0.2, 0) is 0 Å². The van der Waals surface area contributed by atoms with Crippen molar-refractivity contribution in [1.29, 1.82) is 0 Å². The van der Waals surface area contributed by atoms with Crippen molar-refractivity contribution in [3.8, 4) is 0 Å². The number of benzene rings is 1. The normalized spacial score (nSPS) is 12.4. The highest BCUT2D eigenvalue weighted by atomic mass is 79.9. The summed E-state index contributed by atoms with van der Waals surface area (Å²) in [6.45, 7) is 0. The number of halogens is 2. The largest absolute Gasteiger partial charge is 0.478 e. The molecule has 94 valence electrons. The van der Waals surface area contributed by atoms with Crippen molar-refractivity contribution in [2.45, 2.75) is 6.10 Å². The Balaban J connectivity index is 2.41. The van der Waals surface area contributed by atoms with E-state index < -0.39 is 17.9 Å². The molecule has 0 bridgehead atoms. The van der Waals surface area contributed by atoms with Crippen molar-refractivity contribution in [3.63, 3.8) is 0 Å². The van der Waals surface area contributed by atoms with E-state index in [4.69, 9.17) is 5.11 Å². The molecule has 3 nitrogen and oxygen atoms in total. The van der Waals surface area contributed by atoms with Gasteiger partial charge in [-0.3, -0.25) is 0 Å². The topological polar surface area (TPSA) is 57.5 Å². The predicted octanol–water partition coefficient (Wildman–Crippen LogP) is 3.43. The van der Waals surface area contributed by atoms with Crippen LogP contribution in [0.1, 0.15) is 26.9 Å². The standard InChI is InChI=1S/C12H8BrFO3S/c13-8-2-1-6(5-9(8)14)10(15)11-7(12(16)17)3-4-18-11/h1-5,10,15H,(H,16,17). The van der Waals surface area contributed by atoms with Gasteiger partial charge in [0.25, 0.3) is 0 Å². The van der Waals surface area contributed by atoms with Crippen LogP contribution < -0.4 is 0 Å². The van der Waals surface area contributed by atoms with E-state index in [1.165, 1.54) is 18.2 Å². The molecule has 1 aromatic heterocycles. The Morgan fingerprint density at radius 3 is 2.72 bits per heavy atom. The quantitative estimate of drug-likeness (QED) is 0.906. The molecule has 2 aromatic rings. The molecule has 2 rings (SSSR count). The molecule has 2 N–H and O–H groups in total. The number of carboxylic acid groups (broad SMARTS) is 1. The molecule has 0 aliphatic rings. The fourth-order valence-electron chi connectivity index (χ4n) is 1.54. The maximum Gasteiger partial charge on any atom is 0.336 e. The van der Waals surface area contributed by atoms with Gasteiger partial charge < -0.3 is 10.2 Å². The first-order valence-corrected chi connectivity index (χ1v) is 6.61. The average Bonchev–Trinajstić information content (AvgIpc) is 2.81. The van der Waals surface area contributed by atoms with Gasteiger partial charge in [-0.2, -0.15) is 0 Å². The number of thiophene rings is 1. The third kappa shape index (κ3) is 2.45. The Morgan fingerprint density at radius 2 is 2.11 bits per heavy atom. The highest BCUT2D eigenvalue weighted by Crippen LogP contribution is 2.31. The van der Waals surface area contributed by atoms with Gasteiger partial charge in [0.1, 0.15) is 11.9 Å². The Hall–Kier alpha value is -1.24. The molecule has 1 atom stereocenters. The molecular weight excluding hydrogens is 323 g/mol. The van der Waals surface area contributed by atoms with Crippen LogP contribution in [0.15, 0.2) is 34.1 Å². The van der Waals surface area contributed by atoms with Gasteiger partial charge in [0, 0.05) is 0 Å². The maximum absolute atomic E-state index is 13.4. The fraction of sp³-hybridized carbons (Fsp3) is 0.0833. The number of carbonyl (C=O) groups is 1. The summed E-state index contributed by atoms with van der Waals surface area (Å²) >= 11 is 4.14. The van der Waals surface area contributed by atoms with Gasteiger partial charge in [-0.15, -0.1) is 11.3 Å². The summed E-state index contributed by atoms with van der Waals surface area (Å²) in [6.07, 6.45) is -1.14. The van der Waals surface area contributed by atoms with Gasteiger partial charge in [0.05, 0.1) is 14.9 Å². The molecule has 6 heteroatoms. The first-order valence-electron chi connectivity index (χ1n) is 4.94. The minimum Gasteiger partial charge on any atom is -0.478 e. The average molecular weight is 331 g/mol. The molecule has 18 heavy (non-hydrogen) atoms. The smallest absolute Gasteiger partial charge is 0.336 e. The molecule has 1 unspecified atom stereocenters. The van der Waals surface area contributed by atoms with Crippen molar-refractivity contribution in [2.24, 2.45) is 0 Å². The zero-order chi connectivity index (χ0) is 13.3. The lowest BCUT2D eigenvalue weighted by Crippen LogP contribution is -2.05. The summed E-state index contributed by atoms with van der Waals surface area (Å²) in [5, 5.41) is 20.6. The van der Waals surface area contributed by atoms with Crippen LogP contribution in [0.3, 0.4) is 0 Å². The van der Waals surface area contributed by atoms with Gasteiger partial charge in [-0.25, -0.2) is 9.18 Å². The van der Waals surface area contributed by atoms with E-state index in [-0.39, 0.29) is 5.56 Å². The lowest BCUT2D eigenvalue weighted by Gasteiger charge is -2.11. The van der Waals surface area contributed by atoms with E-state index in [0.29, 0.717) is 14.9 Å². The molecule has 0 aliphatic heterocycles. The summed E-state index contributed by atoms with van der Waals surface area (Å²) in [6, 6.07) is 5.62. The monoisotopic (exact) mass is 330 g/mol. The molecule has 0 spiro atoms. The fourth-order valence-corrected chi connectivity index (χ4v) is 2.69. The third-order valence-corrected chi connectivity index (χ3v) is 4.05. The summed E-state index contributed by atoms with van der Waals surface area (Å²) in [4.78, 5) is 11.2. The van der Waals surface area contributed by atoms with Crippen molar-refractivity contribution < 1.29 is 19.4 Å². The number of aliphatic hydroxyl groups is 1. The van der Waals surface area contributed by atoms with Crippen LogP contribution in [0, 0.1) is 5.82 Å². The van der Waals surface area contributed by atoms with E-state index in [1.807, 2.05) is 0 Å². The summed E-state index contributed by atoms with van der Waals surface area (Å²) in [7, 11) is 0. The highest BCUT2D eigenvalue weighted by molar-refractivity contribution is 9.10. The van der Waals surface area contributed by atoms with Gasteiger partial charge in [-0.1, -0.05) is 6.07 Å². The van der Waals surface area contributed by atoms with E-state index in [0.717, 1.165) is 11.3 Å². The van der Waals surface area contributed by atoms with Crippen molar-refractivity contribution >= 4 is 33.2 Å². The van der Waals surface area contributed by atoms with Crippen LogP contribution >= 0.6 is 27.3 Å². The van der Waals surface area contributed by atoms with Crippen LogP contribution in [0.2, 0.25) is 0 Å². The number of aromatic carboxylic acids is 1. The first kappa shape index (κ1) is 13.2. The number of hydrogen-bond donors (Lipinski definition) is 2. The van der Waals surface area contributed by atoms with Crippen LogP contribution in [0.5, 0.6) is 0 Å². The number of rotatable bonds is 3. The maximum atomic E-state index is 13.4. The number of aliphatic hydroxyl groups excluding tert-OH is 1. The van der Waals surface area contributed by atoms with Gasteiger partial charge >= 0.3 is 5.97 Å². The molecule has 0 radical (unpaired) electrons. The molecule has 1 aromatic carbocycles. The summed E-state index contributed by atoms with van der Waals surface area (Å²) < 4.78 is 13.7. The van der Waals surface area contributed by atoms with Crippen molar-refractivity contribution in [2.75, 3.05) is 0 Å². The van der Waals surface area contributed by atoms with Crippen LogP contribution in [0.4, 0.5) is 4.39 Å². The molecule has 0 aliphatic carbocycles.